The highest BCUT2D eigenvalue weighted by molar-refractivity contribution is 5.98. The van der Waals surface area contributed by atoms with E-state index in [0.717, 1.165) is 0 Å². The molecule has 2 aliphatic heterocycles. The van der Waals surface area contributed by atoms with Crippen molar-refractivity contribution in [1.29, 1.82) is 0 Å². The number of fused-ring (bicyclic) bond motifs is 1. The summed E-state index contributed by atoms with van der Waals surface area (Å²) in [4.78, 5) is 40.5. The van der Waals surface area contributed by atoms with E-state index in [1.165, 1.54) is 0 Å². The van der Waals surface area contributed by atoms with Gasteiger partial charge in [-0.3, -0.25) is 14.4 Å². The van der Waals surface area contributed by atoms with Crippen molar-refractivity contribution in [3.63, 3.8) is 0 Å². The molecule has 2 aromatic rings. The lowest BCUT2D eigenvalue weighted by Crippen LogP contribution is -2.54. The molecular formula is C25H29N3O6. The average molecular weight is 468 g/mol. The summed E-state index contributed by atoms with van der Waals surface area (Å²) in [6.07, 6.45) is 1.18. The first kappa shape index (κ1) is 23.6. The zero-order chi connectivity index (χ0) is 23.9. The fourth-order valence-corrected chi connectivity index (χ4v) is 4.25. The second-order valence-electron chi connectivity index (χ2n) is 8.30. The van der Waals surface area contributed by atoms with E-state index in [9.17, 15) is 14.4 Å². The first-order chi connectivity index (χ1) is 16.6. The van der Waals surface area contributed by atoms with Gasteiger partial charge in [-0.05, 0) is 49.1 Å². The molecule has 1 saturated heterocycles. The van der Waals surface area contributed by atoms with E-state index in [4.69, 9.17) is 14.2 Å². The van der Waals surface area contributed by atoms with Crippen LogP contribution in [0.5, 0.6) is 11.5 Å². The quantitative estimate of drug-likeness (QED) is 0.574. The zero-order valence-electron chi connectivity index (χ0n) is 19.1. The van der Waals surface area contributed by atoms with Crippen LogP contribution in [0.3, 0.4) is 0 Å². The molecule has 0 aliphatic carbocycles. The molecule has 3 amide bonds. The highest BCUT2D eigenvalue weighted by Gasteiger charge is 2.34. The van der Waals surface area contributed by atoms with Crippen LogP contribution in [-0.4, -0.2) is 68.8 Å². The highest BCUT2D eigenvalue weighted by Crippen LogP contribution is 2.33. The molecule has 0 radical (unpaired) electrons. The molecule has 34 heavy (non-hydrogen) atoms. The van der Waals surface area contributed by atoms with Gasteiger partial charge in [-0.2, -0.15) is 0 Å². The number of piperidine rings is 1. The topological polar surface area (TPSA) is 106 Å². The summed E-state index contributed by atoms with van der Waals surface area (Å²) in [5.41, 5.74) is 1.03. The molecule has 2 aliphatic rings. The minimum Gasteiger partial charge on any atom is -0.454 e. The number of hydrogen-bond donors (Lipinski definition) is 2. The Bertz CT molecular complexity index is 1020. The van der Waals surface area contributed by atoms with E-state index < -0.39 is 6.04 Å². The fourth-order valence-electron chi connectivity index (χ4n) is 4.25. The van der Waals surface area contributed by atoms with Crippen LogP contribution in [0.1, 0.15) is 33.6 Å². The Labute approximate surface area is 198 Å². The number of rotatable bonds is 8. The Kier molecular flexibility index (Phi) is 7.64. The normalized spacial score (nSPS) is 16.1. The molecule has 0 spiro atoms. The van der Waals surface area contributed by atoms with E-state index in [0.29, 0.717) is 61.7 Å². The van der Waals surface area contributed by atoms with Crippen molar-refractivity contribution in [3.8, 4) is 11.5 Å². The van der Waals surface area contributed by atoms with Crippen molar-refractivity contribution in [1.82, 2.24) is 15.5 Å². The molecule has 1 atom stereocenters. The van der Waals surface area contributed by atoms with Gasteiger partial charge in [0.15, 0.2) is 11.5 Å². The molecule has 0 bridgehead atoms. The lowest BCUT2D eigenvalue weighted by atomic mass is 9.88. The number of nitrogens with one attached hydrogen (secondary N) is 2. The molecule has 0 aromatic heterocycles. The van der Waals surface area contributed by atoms with Crippen LogP contribution in [0.15, 0.2) is 48.5 Å². The van der Waals surface area contributed by atoms with Gasteiger partial charge in [0.05, 0.1) is 6.61 Å². The van der Waals surface area contributed by atoms with Crippen LogP contribution in [0.25, 0.3) is 0 Å². The summed E-state index contributed by atoms with van der Waals surface area (Å²) in [6, 6.07) is 13.3. The molecule has 2 aromatic carbocycles. The number of hydrogen-bond acceptors (Lipinski definition) is 6. The number of carbonyl (C=O) groups excluding carboxylic acids is 3. The van der Waals surface area contributed by atoms with Crippen molar-refractivity contribution >= 4 is 17.7 Å². The van der Waals surface area contributed by atoms with Gasteiger partial charge in [-0.25, -0.2) is 0 Å². The molecule has 9 heteroatoms. The van der Waals surface area contributed by atoms with Crippen molar-refractivity contribution < 1.29 is 28.6 Å². The van der Waals surface area contributed by atoms with Crippen LogP contribution in [-0.2, 0) is 9.53 Å². The van der Waals surface area contributed by atoms with Gasteiger partial charge in [-0.15, -0.1) is 0 Å². The Morgan fingerprint density at radius 2 is 1.76 bits per heavy atom. The maximum absolute atomic E-state index is 13.0. The summed E-state index contributed by atoms with van der Waals surface area (Å²) >= 11 is 0. The predicted molar refractivity (Wildman–Crippen MR) is 124 cm³/mol. The number of likely N-dealkylation sites (tertiary alicyclic amines) is 1. The van der Waals surface area contributed by atoms with E-state index in [1.807, 2.05) is 6.07 Å². The molecular weight excluding hydrogens is 438 g/mol. The fraction of sp³-hybridized carbons (Fsp3) is 0.400. The molecule has 2 N–H and O–H groups in total. The third-order valence-corrected chi connectivity index (χ3v) is 6.13. The molecule has 0 saturated carbocycles. The third kappa shape index (κ3) is 5.48. The first-order valence-corrected chi connectivity index (χ1v) is 11.4. The first-order valence-electron chi connectivity index (χ1n) is 11.4. The Morgan fingerprint density at radius 3 is 2.50 bits per heavy atom. The van der Waals surface area contributed by atoms with Crippen molar-refractivity contribution in [3.05, 3.63) is 59.7 Å². The molecule has 1 fully saturated rings. The minimum atomic E-state index is -0.702. The van der Waals surface area contributed by atoms with E-state index in [1.54, 1.807) is 54.5 Å². The lowest BCUT2D eigenvalue weighted by Gasteiger charge is -2.36. The van der Waals surface area contributed by atoms with Gasteiger partial charge in [0, 0.05) is 37.9 Å². The van der Waals surface area contributed by atoms with Gasteiger partial charge in [0.1, 0.15) is 6.04 Å². The summed E-state index contributed by atoms with van der Waals surface area (Å²) in [5.74, 6) is 0.458. The van der Waals surface area contributed by atoms with Crippen LogP contribution in [0.2, 0.25) is 0 Å². The van der Waals surface area contributed by atoms with E-state index >= 15 is 0 Å². The Balaban J connectivity index is 1.40. The maximum Gasteiger partial charge on any atom is 0.253 e. The second-order valence-corrected chi connectivity index (χ2v) is 8.30. The number of ether oxygens (including phenoxy) is 3. The third-order valence-electron chi connectivity index (χ3n) is 6.13. The SMILES string of the molecule is COCCNC(=O)C(NC(=O)c1ccccc1)C1CCN(C(=O)c2ccc3c(c2)OCO3)CC1. The molecule has 180 valence electrons. The van der Waals surface area contributed by atoms with Crippen molar-refractivity contribution in [2.24, 2.45) is 5.92 Å². The monoisotopic (exact) mass is 467 g/mol. The van der Waals surface area contributed by atoms with Crippen molar-refractivity contribution in [2.45, 2.75) is 18.9 Å². The Morgan fingerprint density at radius 1 is 1.03 bits per heavy atom. The van der Waals surface area contributed by atoms with Crippen LogP contribution < -0.4 is 20.1 Å². The summed E-state index contributed by atoms with van der Waals surface area (Å²) < 4.78 is 15.7. The number of benzene rings is 2. The van der Waals surface area contributed by atoms with Gasteiger partial charge >= 0.3 is 0 Å². The number of amides is 3. The lowest BCUT2D eigenvalue weighted by molar-refractivity contribution is -0.124. The summed E-state index contributed by atoms with van der Waals surface area (Å²) in [7, 11) is 1.56. The average Bonchev–Trinajstić information content (AvgIpc) is 3.35. The zero-order valence-corrected chi connectivity index (χ0v) is 19.1. The maximum atomic E-state index is 13.0. The van der Waals surface area contributed by atoms with E-state index in [-0.39, 0.29) is 30.4 Å². The van der Waals surface area contributed by atoms with Gasteiger partial charge in [-0.1, -0.05) is 18.2 Å². The van der Waals surface area contributed by atoms with Crippen LogP contribution in [0.4, 0.5) is 0 Å². The highest BCUT2D eigenvalue weighted by atomic mass is 16.7. The minimum absolute atomic E-state index is 0.0915. The van der Waals surface area contributed by atoms with Gasteiger partial charge < -0.3 is 29.7 Å². The molecule has 9 nitrogen and oxygen atoms in total. The smallest absolute Gasteiger partial charge is 0.253 e. The van der Waals surface area contributed by atoms with Crippen LogP contribution in [0, 0.1) is 5.92 Å². The number of carbonyl (C=O) groups is 3. The van der Waals surface area contributed by atoms with Crippen LogP contribution >= 0.6 is 0 Å². The molecule has 1 unspecified atom stereocenters. The standard InChI is InChI=1S/C25H29N3O6/c1-32-14-11-26-24(30)22(27-23(29)18-5-3-2-4-6-18)17-9-12-28(13-10-17)25(31)19-7-8-20-21(15-19)34-16-33-20/h2-8,15,17,22H,9-14,16H2,1H3,(H,26,30)(H,27,29). The predicted octanol–water partition coefficient (Wildman–Crippen LogP) is 1.83. The van der Waals surface area contributed by atoms with Crippen molar-refractivity contribution in [2.75, 3.05) is 40.1 Å². The molecule has 2 heterocycles. The Hall–Kier alpha value is -3.59. The largest absolute Gasteiger partial charge is 0.454 e. The summed E-state index contributed by atoms with van der Waals surface area (Å²) in [5, 5.41) is 5.74. The molecule has 4 rings (SSSR count). The number of methoxy groups -OCH3 is 1. The van der Waals surface area contributed by atoms with E-state index in [2.05, 4.69) is 10.6 Å². The summed E-state index contributed by atoms with van der Waals surface area (Å²) in [6.45, 7) is 1.87. The number of nitrogens with zero attached hydrogens (tertiary/aromatic N) is 1. The second kappa shape index (κ2) is 11.0. The van der Waals surface area contributed by atoms with Gasteiger partial charge in [0.25, 0.3) is 11.8 Å². The van der Waals surface area contributed by atoms with Gasteiger partial charge in [0.2, 0.25) is 12.7 Å².